The average Bonchev–Trinajstić information content (AvgIpc) is 3.44. The predicted molar refractivity (Wildman–Crippen MR) is 351 cm³/mol. The Balaban J connectivity index is 0.00000118. The van der Waals surface area contributed by atoms with Crippen LogP contribution in [0.1, 0.15) is 129 Å². The Morgan fingerprint density at radius 1 is 0.618 bits per heavy atom. The highest BCUT2D eigenvalue weighted by molar-refractivity contribution is 5.98. The van der Waals surface area contributed by atoms with Gasteiger partial charge in [0.2, 0.25) is 0 Å². The minimum Gasteiger partial charge on any atom is -0.312 e. The van der Waals surface area contributed by atoms with E-state index in [9.17, 15) is 0 Å². The predicted octanol–water partition coefficient (Wildman–Crippen LogP) is 21.0. The molecule has 76 heavy (non-hydrogen) atoms. The third-order valence-corrected chi connectivity index (χ3v) is 11.4. The van der Waals surface area contributed by atoms with Gasteiger partial charge in [0.05, 0.1) is 0 Å². The van der Waals surface area contributed by atoms with Crippen LogP contribution in [0.3, 0.4) is 0 Å². The van der Waals surface area contributed by atoms with Crippen molar-refractivity contribution in [1.29, 1.82) is 0 Å². The van der Waals surface area contributed by atoms with Gasteiger partial charge in [-0.3, -0.25) is 0 Å². The molecule has 0 aliphatic heterocycles. The molecule has 1 heteroatoms. The van der Waals surface area contributed by atoms with Gasteiger partial charge in [0.25, 0.3) is 0 Å². The molecular formula is C75H99N. The van der Waals surface area contributed by atoms with Crippen LogP contribution >= 0.6 is 0 Å². The second kappa shape index (κ2) is 43.2. The topological polar surface area (TPSA) is 3.24 Å². The highest BCUT2D eigenvalue weighted by Crippen LogP contribution is 2.30. The quantitative estimate of drug-likeness (QED) is 0.0597. The van der Waals surface area contributed by atoms with Crippen molar-refractivity contribution in [3.63, 3.8) is 0 Å². The molecule has 7 rings (SSSR count). The summed E-state index contributed by atoms with van der Waals surface area (Å²) in [5.74, 6) is 0.761. The number of aryl methyl sites for hydroxylation is 2. The van der Waals surface area contributed by atoms with Crippen LogP contribution in [-0.2, 0) is 0 Å². The molecule has 0 heterocycles. The number of hydrogen-bond donors (Lipinski definition) is 0. The van der Waals surface area contributed by atoms with E-state index in [0.29, 0.717) is 0 Å². The van der Waals surface area contributed by atoms with Crippen LogP contribution in [-0.4, -0.2) is 26.0 Å². The minimum atomic E-state index is 0. The van der Waals surface area contributed by atoms with Gasteiger partial charge < -0.3 is 4.90 Å². The summed E-state index contributed by atoms with van der Waals surface area (Å²) in [5, 5.41) is 4.76. The molecule has 1 aliphatic rings. The van der Waals surface area contributed by atoms with E-state index in [4.69, 9.17) is 0 Å². The number of hydrogen-bond acceptors (Lipinski definition) is 1. The van der Waals surface area contributed by atoms with Crippen LogP contribution in [0.15, 0.2) is 231 Å². The molecular weight excluding hydrogens is 915 g/mol. The third-order valence-electron chi connectivity index (χ3n) is 11.4. The van der Waals surface area contributed by atoms with Gasteiger partial charge in [-0.2, -0.15) is 0 Å². The molecule has 0 N–H and O–H groups in total. The van der Waals surface area contributed by atoms with E-state index in [1.807, 2.05) is 84.1 Å². The molecule has 0 saturated heterocycles. The molecule has 0 bridgehead atoms. The van der Waals surface area contributed by atoms with E-state index in [-0.39, 0.29) is 7.43 Å². The standard InChI is InChI=1S/C37H36.C17H14.C10H16.C3H9N.C3H8.2C2H6.CH4/c1-5-15-35(6-2)37(36-18-14-13-16-31(36)4)19-12-10-8-7-9-11-17-32-24-26-34(27-25-32)29-28-33-22-20-30(3)21-23-33;1-13-11-12-16(14-7-3-2-4-8-14)17-10-6-5-9-15(13)17;1-3-9(2)10-7-5-4-6-8-10;1-4(2)3;1-3-2;2*1-2;/h5-6,8,10-29H,1-2,4,7,9H2,3H3;2-12H,1H3;5,7-9H,3-4,6H2,1-2H3;1-3H3;3H2,1-2H3;2*1-2H3;1H4/b10-8+,17-11-,19-12-,29-28+,35-15+,37-36+;;;;;;;. The van der Waals surface area contributed by atoms with Crippen molar-refractivity contribution in [3.8, 4) is 11.1 Å². The summed E-state index contributed by atoms with van der Waals surface area (Å²) in [5.41, 5.74) is 12.5. The van der Waals surface area contributed by atoms with Gasteiger partial charge in [-0.05, 0) is 144 Å². The second-order valence-electron chi connectivity index (χ2n) is 18.2. The largest absolute Gasteiger partial charge is 0.312 e. The van der Waals surface area contributed by atoms with Gasteiger partial charge in [0, 0.05) is 0 Å². The van der Waals surface area contributed by atoms with E-state index >= 15 is 0 Å². The number of nitrogens with zero attached hydrogens (tertiary/aromatic N) is 1. The van der Waals surface area contributed by atoms with Crippen molar-refractivity contribution < 1.29 is 0 Å². The van der Waals surface area contributed by atoms with Crippen molar-refractivity contribution in [3.05, 3.63) is 269 Å². The summed E-state index contributed by atoms with van der Waals surface area (Å²) in [4.78, 5) is 2.00. The molecule has 6 aromatic rings. The van der Waals surface area contributed by atoms with Crippen LogP contribution in [0.25, 0.3) is 52.3 Å². The minimum absolute atomic E-state index is 0. The molecule has 6 aromatic carbocycles. The maximum Gasteiger partial charge on any atom is -0.0103 e. The fourth-order valence-corrected chi connectivity index (χ4v) is 7.40. The molecule has 1 unspecified atom stereocenters. The zero-order chi connectivity index (χ0) is 55.6. The van der Waals surface area contributed by atoms with Crippen molar-refractivity contribution in [2.24, 2.45) is 5.92 Å². The number of unbranched alkanes of at least 4 members (excludes halogenated alkanes) is 1. The molecule has 0 amide bonds. The van der Waals surface area contributed by atoms with Gasteiger partial charge in [0.1, 0.15) is 0 Å². The van der Waals surface area contributed by atoms with E-state index in [1.165, 1.54) is 81.0 Å². The molecule has 1 aliphatic carbocycles. The SMILES string of the molecule is C.C=C/C=C(C=C)/C(/C=C\C=C\CC/C=C\c1ccc(/C=C/c2ccc(C)cc2)cc1)=c1\ccccc1=C.CC.CC.CCC.CCC(C)C1=CCCC=C1.CN(C)C.Cc1ccc(-c2ccccc2)c2ccccc12. The summed E-state index contributed by atoms with van der Waals surface area (Å²) in [6.07, 6.45) is 36.7. The van der Waals surface area contributed by atoms with Gasteiger partial charge in [-0.15, -0.1) is 0 Å². The Hall–Kier alpha value is -7.06. The fourth-order valence-electron chi connectivity index (χ4n) is 7.40. The third kappa shape index (κ3) is 27.5. The van der Waals surface area contributed by atoms with Crippen molar-refractivity contribution >= 4 is 41.2 Å². The Kier molecular flexibility index (Phi) is 39.2. The number of fused-ring (bicyclic) bond motifs is 1. The second-order valence-corrected chi connectivity index (χ2v) is 18.2. The first-order valence-electron chi connectivity index (χ1n) is 27.6. The van der Waals surface area contributed by atoms with Crippen LogP contribution < -0.4 is 10.4 Å². The molecule has 404 valence electrons. The van der Waals surface area contributed by atoms with Crippen LogP contribution in [0, 0.1) is 19.8 Å². The lowest BCUT2D eigenvalue weighted by Crippen LogP contribution is -2.24. The lowest BCUT2D eigenvalue weighted by Gasteiger charge is -2.12. The van der Waals surface area contributed by atoms with Crippen LogP contribution in [0.4, 0.5) is 0 Å². The number of allylic oxidation sites excluding steroid dienone is 13. The van der Waals surface area contributed by atoms with E-state index in [1.54, 1.807) is 6.08 Å². The number of rotatable bonds is 14. The Labute approximate surface area is 466 Å². The van der Waals surface area contributed by atoms with E-state index in [0.717, 1.165) is 40.3 Å². The van der Waals surface area contributed by atoms with Crippen LogP contribution in [0.5, 0.6) is 0 Å². The Bertz CT molecular complexity index is 2820. The molecule has 1 nitrogen and oxygen atoms in total. The smallest absolute Gasteiger partial charge is 0.0103 e. The highest BCUT2D eigenvalue weighted by atomic mass is 15.0. The maximum absolute atomic E-state index is 4.18. The van der Waals surface area contributed by atoms with Crippen LogP contribution in [0.2, 0.25) is 0 Å². The Morgan fingerprint density at radius 2 is 1.14 bits per heavy atom. The molecule has 0 saturated carbocycles. The zero-order valence-electron chi connectivity index (χ0n) is 48.8. The van der Waals surface area contributed by atoms with Crippen molar-refractivity contribution in [2.45, 2.75) is 115 Å². The monoisotopic (exact) mass is 1010 g/mol. The van der Waals surface area contributed by atoms with Crippen molar-refractivity contribution in [1.82, 2.24) is 4.90 Å². The summed E-state index contributed by atoms with van der Waals surface area (Å²) in [7, 11) is 6.00. The summed E-state index contributed by atoms with van der Waals surface area (Å²) < 4.78 is 0. The summed E-state index contributed by atoms with van der Waals surface area (Å²) in [6.45, 7) is 33.0. The lowest BCUT2D eigenvalue weighted by molar-refractivity contribution is 0.505. The van der Waals surface area contributed by atoms with Gasteiger partial charge in [0.15, 0.2) is 0 Å². The lowest BCUT2D eigenvalue weighted by atomic mass is 9.94. The summed E-state index contributed by atoms with van der Waals surface area (Å²) in [6, 6.07) is 48.9. The normalized spacial score (nSPS) is 12.3. The van der Waals surface area contributed by atoms with Gasteiger partial charge in [-0.1, -0.05) is 319 Å². The van der Waals surface area contributed by atoms with Gasteiger partial charge >= 0.3 is 0 Å². The summed E-state index contributed by atoms with van der Waals surface area (Å²) >= 11 is 0. The Morgan fingerprint density at radius 3 is 1.68 bits per heavy atom. The fraction of sp³-hybridized carbons (Fsp3) is 0.280. The first-order chi connectivity index (χ1) is 36.4. The average molecular weight is 1010 g/mol. The maximum atomic E-state index is 4.18. The molecule has 0 radical (unpaired) electrons. The highest BCUT2D eigenvalue weighted by Gasteiger charge is 2.06. The van der Waals surface area contributed by atoms with Crippen molar-refractivity contribution in [2.75, 3.05) is 21.1 Å². The number of benzene rings is 6. The zero-order valence-corrected chi connectivity index (χ0v) is 48.8. The van der Waals surface area contributed by atoms with Gasteiger partial charge in [-0.25, -0.2) is 0 Å². The first-order valence-corrected chi connectivity index (χ1v) is 27.6. The van der Waals surface area contributed by atoms with E-state index < -0.39 is 0 Å². The van der Waals surface area contributed by atoms with E-state index in [2.05, 4.69) is 249 Å². The molecule has 1 atom stereocenters. The molecule has 0 spiro atoms. The molecule has 0 aromatic heterocycles. The molecule has 0 fully saturated rings. The first kappa shape index (κ1) is 68.9.